The Morgan fingerprint density at radius 3 is 2.25 bits per heavy atom. The molecule has 2 fully saturated rings. The van der Waals surface area contributed by atoms with E-state index in [1.165, 1.54) is 13.5 Å². The lowest BCUT2D eigenvalue weighted by Crippen LogP contribution is -2.49. The molecule has 5 N–H and O–H groups in total. The minimum Gasteiger partial charge on any atom is -0.363 e. The van der Waals surface area contributed by atoms with Crippen LogP contribution in [0.3, 0.4) is 0 Å². The van der Waals surface area contributed by atoms with E-state index >= 15 is 0 Å². The number of nitrogens with one attached hydrogen (secondary N) is 3. The first kappa shape index (κ1) is 38.5. The van der Waals surface area contributed by atoms with E-state index in [1.54, 1.807) is 0 Å². The Morgan fingerprint density at radius 2 is 1.61 bits per heavy atom. The molecule has 16 heteroatoms. The Hall–Kier alpha value is -5.77. The van der Waals surface area contributed by atoms with E-state index in [1.807, 2.05) is 43.7 Å². The normalized spacial score (nSPS) is 20.8. The fourth-order valence-corrected chi connectivity index (χ4v) is 7.83. The summed E-state index contributed by atoms with van der Waals surface area (Å²) in [6.45, 7) is 9.82. The highest BCUT2D eigenvalue weighted by molar-refractivity contribution is 5.95. The van der Waals surface area contributed by atoms with Gasteiger partial charge in [0.25, 0.3) is 5.95 Å². The van der Waals surface area contributed by atoms with E-state index in [0.717, 1.165) is 65.3 Å². The second-order valence-corrected chi connectivity index (χ2v) is 15.2. The molecule has 3 aliphatic rings. The minimum atomic E-state index is -0.556. The molecule has 0 spiro atoms. The molecule has 7 rings (SSSR count). The van der Waals surface area contributed by atoms with Gasteiger partial charge in [0.05, 0.1) is 43.7 Å². The number of amides is 2. The van der Waals surface area contributed by atoms with Gasteiger partial charge in [0, 0.05) is 13.1 Å². The van der Waals surface area contributed by atoms with Gasteiger partial charge in [0.2, 0.25) is 18.2 Å². The third-order valence-electron chi connectivity index (χ3n) is 10.8. The number of H-pyrrole nitrogens is 1. The summed E-state index contributed by atoms with van der Waals surface area (Å²) in [5.41, 5.74) is 10.8. The topological polar surface area (TPSA) is 201 Å². The number of nitrogen functional groups attached to an aromatic ring is 1. The molecule has 296 valence electrons. The Kier molecular flexibility index (Phi) is 11.6. The van der Waals surface area contributed by atoms with Crippen LogP contribution in [-0.4, -0.2) is 98.8 Å². The van der Waals surface area contributed by atoms with Crippen LogP contribution in [0.25, 0.3) is 22.4 Å². The zero-order valence-electron chi connectivity index (χ0n) is 32.5. The number of likely N-dealkylation sites (tertiary alicyclic amines) is 2. The zero-order chi connectivity index (χ0) is 39.3. The maximum absolute atomic E-state index is 13.8. The van der Waals surface area contributed by atoms with Crippen molar-refractivity contribution in [1.82, 2.24) is 35.2 Å². The predicted octanol–water partition coefficient (Wildman–Crippen LogP) is 5.17. The molecule has 5 atom stereocenters. The molecular formula is C40H51N11O5. The maximum Gasteiger partial charge on any atom is 0.320 e. The number of rotatable bonds is 14. The number of anilines is 2. The molecule has 5 heterocycles. The number of aromatic amines is 1. The lowest BCUT2D eigenvalue weighted by atomic mass is 9.99. The number of aromatic nitrogens is 4. The molecule has 1 unspecified atom stereocenters. The summed E-state index contributed by atoms with van der Waals surface area (Å²) in [6.07, 6.45) is 6.50. The van der Waals surface area contributed by atoms with Crippen LogP contribution in [0, 0.1) is 11.8 Å². The third kappa shape index (κ3) is 8.25. The van der Waals surface area contributed by atoms with Crippen LogP contribution in [0.1, 0.15) is 76.8 Å². The molecule has 2 amide bonds. The van der Waals surface area contributed by atoms with E-state index in [9.17, 15) is 9.59 Å². The smallest absolute Gasteiger partial charge is 0.320 e. The van der Waals surface area contributed by atoms with Gasteiger partial charge in [-0.15, -0.1) is 0 Å². The average molecular weight is 766 g/mol. The van der Waals surface area contributed by atoms with Crippen molar-refractivity contribution in [2.45, 2.75) is 83.6 Å². The molecule has 0 saturated carbocycles. The molecular weight excluding hydrogens is 715 g/mol. The molecule has 3 aliphatic heterocycles. The SMILES string of the molecule is COO/C=N\[C@H](C(=O)N1CCC[C@H]1C1=NCC(c2ccc(-c3ccc(-c4cnc([C@@H]5CCCN5C(=O)[C@@H](Nc5noc(N)n5)C(C)C)[nH]4)cc3)cc2)N1)C(C)C. The molecule has 0 radical (unpaired) electrons. The summed E-state index contributed by atoms with van der Waals surface area (Å²) < 4.78 is 4.88. The largest absolute Gasteiger partial charge is 0.363 e. The molecule has 0 bridgehead atoms. The van der Waals surface area contributed by atoms with Gasteiger partial charge >= 0.3 is 6.01 Å². The van der Waals surface area contributed by atoms with Crippen LogP contribution in [-0.2, 0) is 19.4 Å². The highest BCUT2D eigenvalue weighted by atomic mass is 17.2. The number of nitrogens with two attached hydrogens (primary N) is 1. The zero-order valence-corrected chi connectivity index (χ0v) is 32.5. The van der Waals surface area contributed by atoms with Crippen molar-refractivity contribution in [3.05, 3.63) is 66.1 Å². The predicted molar refractivity (Wildman–Crippen MR) is 212 cm³/mol. The monoisotopic (exact) mass is 765 g/mol. The van der Waals surface area contributed by atoms with Crippen molar-refractivity contribution in [2.75, 3.05) is 37.8 Å². The van der Waals surface area contributed by atoms with Gasteiger partial charge in [0.15, 0.2) is 0 Å². The maximum atomic E-state index is 13.8. The highest BCUT2D eigenvalue weighted by Gasteiger charge is 2.39. The van der Waals surface area contributed by atoms with Gasteiger partial charge in [-0.25, -0.2) is 9.98 Å². The molecule has 16 nitrogen and oxygen atoms in total. The van der Waals surface area contributed by atoms with Crippen LogP contribution >= 0.6 is 0 Å². The fraction of sp³-hybridized carbons (Fsp3) is 0.475. The van der Waals surface area contributed by atoms with Gasteiger partial charge in [-0.3, -0.25) is 14.6 Å². The first-order valence-corrected chi connectivity index (χ1v) is 19.4. The second kappa shape index (κ2) is 16.9. The number of hydrogen-bond donors (Lipinski definition) is 4. The number of imidazole rings is 1. The second-order valence-electron chi connectivity index (χ2n) is 15.2. The molecule has 2 aromatic carbocycles. The van der Waals surface area contributed by atoms with Crippen LogP contribution < -0.4 is 16.4 Å². The summed E-state index contributed by atoms with van der Waals surface area (Å²) in [5.74, 6) is 1.73. The number of carbonyl (C=O) groups excluding carboxylic acids is 2. The molecule has 4 aromatic rings. The van der Waals surface area contributed by atoms with Crippen LogP contribution in [0.2, 0.25) is 0 Å². The Labute approximate surface area is 326 Å². The quantitative estimate of drug-likeness (QED) is 0.0571. The van der Waals surface area contributed by atoms with Gasteiger partial charge < -0.3 is 40.6 Å². The summed E-state index contributed by atoms with van der Waals surface area (Å²) in [4.78, 5) is 62.0. The first-order chi connectivity index (χ1) is 27.1. The Morgan fingerprint density at radius 1 is 0.946 bits per heavy atom. The highest BCUT2D eigenvalue weighted by Crippen LogP contribution is 2.34. The number of hydrogen-bond acceptors (Lipinski definition) is 13. The van der Waals surface area contributed by atoms with E-state index in [-0.39, 0.29) is 53.7 Å². The van der Waals surface area contributed by atoms with Gasteiger partial charge in [-0.2, -0.15) is 9.87 Å². The Balaban J connectivity index is 0.963. The van der Waals surface area contributed by atoms with Crippen molar-refractivity contribution in [3.8, 4) is 22.4 Å². The van der Waals surface area contributed by atoms with Crippen LogP contribution in [0.5, 0.6) is 0 Å². The third-order valence-corrected chi connectivity index (χ3v) is 10.8. The van der Waals surface area contributed by atoms with Crippen molar-refractivity contribution in [2.24, 2.45) is 21.8 Å². The van der Waals surface area contributed by atoms with Crippen molar-refractivity contribution in [3.63, 3.8) is 0 Å². The lowest BCUT2D eigenvalue weighted by molar-refractivity contribution is -0.188. The van der Waals surface area contributed by atoms with Crippen LogP contribution in [0.15, 0.2) is 69.2 Å². The van der Waals surface area contributed by atoms with E-state index < -0.39 is 12.1 Å². The summed E-state index contributed by atoms with van der Waals surface area (Å²) >= 11 is 0. The fourth-order valence-electron chi connectivity index (χ4n) is 7.83. The van der Waals surface area contributed by atoms with Crippen molar-refractivity contribution < 1.29 is 23.9 Å². The molecule has 2 aromatic heterocycles. The summed E-state index contributed by atoms with van der Waals surface area (Å²) in [6, 6.07) is 15.5. The molecule has 2 saturated heterocycles. The number of carbonyl (C=O) groups is 2. The van der Waals surface area contributed by atoms with E-state index in [0.29, 0.717) is 19.6 Å². The van der Waals surface area contributed by atoms with Gasteiger partial charge in [-0.1, -0.05) is 76.2 Å². The number of nitrogens with zero attached hydrogens (tertiary/aromatic N) is 7. The van der Waals surface area contributed by atoms with Gasteiger partial charge in [-0.05, 0) is 64.9 Å². The van der Waals surface area contributed by atoms with Crippen molar-refractivity contribution >= 4 is 36.0 Å². The van der Waals surface area contributed by atoms with E-state index in [2.05, 4.69) is 84.2 Å². The average Bonchev–Trinajstić information content (AvgIpc) is 4.05. The van der Waals surface area contributed by atoms with E-state index in [4.69, 9.17) is 25.1 Å². The van der Waals surface area contributed by atoms with Crippen molar-refractivity contribution in [1.29, 1.82) is 0 Å². The first-order valence-electron chi connectivity index (χ1n) is 19.4. The number of benzene rings is 2. The minimum absolute atomic E-state index is 0.00464. The number of amidine groups is 1. The Bertz CT molecular complexity index is 2020. The van der Waals surface area contributed by atoms with Gasteiger partial charge in [0.1, 0.15) is 23.7 Å². The molecule has 0 aliphatic carbocycles. The standard InChI is InChI=1S/C40H51N11O5/c1-23(2)33(44-22-55-54-5)37(52)50-18-6-8-31(50)35-42-20-29(45-35)27-14-10-25(11-15-27)26-12-16-28(17-13-26)30-21-43-36(46-30)32-9-7-19-51(32)38(53)34(24(3)4)47-40-48-39(41)56-49-40/h10-17,21-24,29,31-34H,6-9,18-20H2,1-5H3,(H,42,45)(H,43,46)(H3,41,47,48,49)/b44-22-/t29?,31-,32-,33-,34-/m0/s1. The molecule has 56 heavy (non-hydrogen) atoms. The summed E-state index contributed by atoms with van der Waals surface area (Å²) in [7, 11) is 1.40. The lowest BCUT2D eigenvalue weighted by Gasteiger charge is -2.30. The number of aliphatic imine (C=N–C) groups is 2. The van der Waals surface area contributed by atoms with Crippen LogP contribution in [0.4, 0.5) is 12.0 Å². The summed E-state index contributed by atoms with van der Waals surface area (Å²) in [5, 5.41) is 10.5.